The quantitative estimate of drug-likeness (QED) is 0.757. The Morgan fingerprint density at radius 1 is 1.14 bits per heavy atom. The average Bonchev–Trinajstić information content (AvgIpc) is 2.57. The maximum Gasteiger partial charge on any atom is 0.265 e. The van der Waals surface area contributed by atoms with Gasteiger partial charge < -0.3 is 0 Å². The summed E-state index contributed by atoms with van der Waals surface area (Å²) >= 11 is 12.9. The molecule has 1 heterocycles. The van der Waals surface area contributed by atoms with E-state index in [1.54, 1.807) is 27.5 Å². The summed E-state index contributed by atoms with van der Waals surface area (Å²) in [4.78, 5) is 11.3. The van der Waals surface area contributed by atoms with Crippen LogP contribution in [0.3, 0.4) is 0 Å². The van der Waals surface area contributed by atoms with E-state index in [2.05, 4.69) is 0 Å². The van der Waals surface area contributed by atoms with Gasteiger partial charge in [-0.15, -0.1) is 0 Å². The molecular formula is C9H5Cl2NOS. The zero-order chi connectivity index (χ0) is 10.1. The van der Waals surface area contributed by atoms with Crippen LogP contribution in [0.4, 0.5) is 0 Å². The van der Waals surface area contributed by atoms with Gasteiger partial charge in [-0.1, -0.05) is 34.7 Å². The maximum absolute atomic E-state index is 11.3. The van der Waals surface area contributed by atoms with Gasteiger partial charge in [0.2, 0.25) is 0 Å². The highest BCUT2D eigenvalue weighted by molar-refractivity contribution is 7.04. The molecule has 72 valence electrons. The smallest absolute Gasteiger partial charge is 0.265 e. The van der Waals surface area contributed by atoms with Crippen LogP contribution < -0.4 is 5.56 Å². The van der Waals surface area contributed by atoms with E-state index in [0.717, 1.165) is 5.69 Å². The molecule has 1 aromatic heterocycles. The molecule has 0 spiro atoms. The van der Waals surface area contributed by atoms with E-state index in [1.807, 2.05) is 0 Å². The Balaban J connectivity index is 2.59. The fourth-order valence-corrected chi connectivity index (χ4v) is 2.06. The minimum Gasteiger partial charge on any atom is -0.268 e. The van der Waals surface area contributed by atoms with E-state index in [9.17, 15) is 4.79 Å². The SMILES string of the molecule is O=c1ccsn1-c1ccc(Cl)c(Cl)c1. The molecule has 5 heteroatoms. The average molecular weight is 246 g/mol. The van der Waals surface area contributed by atoms with Crippen LogP contribution in [0, 0.1) is 0 Å². The highest BCUT2D eigenvalue weighted by Crippen LogP contribution is 2.24. The number of hydrogen-bond acceptors (Lipinski definition) is 2. The lowest BCUT2D eigenvalue weighted by Crippen LogP contribution is -2.08. The first-order valence-corrected chi connectivity index (χ1v) is 5.40. The Bertz CT molecular complexity index is 518. The minimum atomic E-state index is -0.0617. The van der Waals surface area contributed by atoms with Crippen LogP contribution in [0.25, 0.3) is 5.69 Å². The van der Waals surface area contributed by atoms with Crippen LogP contribution in [0.15, 0.2) is 34.4 Å². The second-order valence-corrected chi connectivity index (χ2v) is 4.30. The Morgan fingerprint density at radius 2 is 1.93 bits per heavy atom. The molecule has 2 nitrogen and oxygen atoms in total. The highest BCUT2D eigenvalue weighted by atomic mass is 35.5. The molecule has 0 aliphatic carbocycles. The van der Waals surface area contributed by atoms with Crippen molar-refractivity contribution in [1.29, 1.82) is 0 Å². The zero-order valence-corrected chi connectivity index (χ0v) is 9.23. The summed E-state index contributed by atoms with van der Waals surface area (Å²) in [7, 11) is 0. The lowest BCUT2D eigenvalue weighted by molar-refractivity contribution is 1.13. The van der Waals surface area contributed by atoms with Crippen molar-refractivity contribution >= 4 is 34.7 Å². The van der Waals surface area contributed by atoms with E-state index in [0.29, 0.717) is 10.0 Å². The molecule has 0 fully saturated rings. The van der Waals surface area contributed by atoms with Gasteiger partial charge in [0, 0.05) is 11.4 Å². The molecule has 2 aromatic rings. The number of benzene rings is 1. The summed E-state index contributed by atoms with van der Waals surface area (Å²) in [6.07, 6.45) is 0. The fourth-order valence-electron chi connectivity index (χ4n) is 1.07. The van der Waals surface area contributed by atoms with Crippen molar-refractivity contribution in [3.63, 3.8) is 0 Å². The van der Waals surface area contributed by atoms with Gasteiger partial charge in [0.15, 0.2) is 0 Å². The van der Waals surface area contributed by atoms with Crippen LogP contribution in [0.1, 0.15) is 0 Å². The van der Waals surface area contributed by atoms with E-state index < -0.39 is 0 Å². The summed E-state index contributed by atoms with van der Waals surface area (Å²) in [6.45, 7) is 0. The van der Waals surface area contributed by atoms with Crippen LogP contribution in [0.5, 0.6) is 0 Å². The summed E-state index contributed by atoms with van der Waals surface area (Å²) in [5.41, 5.74) is 0.674. The Morgan fingerprint density at radius 3 is 2.50 bits per heavy atom. The summed E-state index contributed by atoms with van der Waals surface area (Å²) in [6, 6.07) is 6.60. The maximum atomic E-state index is 11.3. The molecule has 1 aromatic carbocycles. The Labute approximate surface area is 94.5 Å². The van der Waals surface area contributed by atoms with E-state index in [1.165, 1.54) is 17.6 Å². The Kier molecular flexibility index (Phi) is 2.63. The number of hydrogen-bond donors (Lipinski definition) is 0. The number of halogens is 2. The lowest BCUT2D eigenvalue weighted by Gasteiger charge is -2.01. The monoisotopic (exact) mass is 245 g/mol. The van der Waals surface area contributed by atoms with Crippen LogP contribution in [-0.4, -0.2) is 3.96 Å². The van der Waals surface area contributed by atoms with Gasteiger partial charge in [-0.05, 0) is 18.2 Å². The van der Waals surface area contributed by atoms with Crippen molar-refractivity contribution in [2.75, 3.05) is 0 Å². The van der Waals surface area contributed by atoms with Crippen molar-refractivity contribution in [1.82, 2.24) is 3.96 Å². The van der Waals surface area contributed by atoms with E-state index in [-0.39, 0.29) is 5.56 Å². The largest absolute Gasteiger partial charge is 0.268 e. The fraction of sp³-hybridized carbons (Fsp3) is 0. The molecule has 2 rings (SSSR count). The van der Waals surface area contributed by atoms with Crippen molar-refractivity contribution in [3.05, 3.63) is 50.0 Å². The molecule has 0 amide bonds. The molecule has 0 bridgehead atoms. The first-order chi connectivity index (χ1) is 6.68. The predicted octanol–water partition coefficient (Wildman–Crippen LogP) is 3.21. The molecule has 0 aliphatic heterocycles. The summed E-state index contributed by atoms with van der Waals surface area (Å²) in [5.74, 6) is 0. The normalized spacial score (nSPS) is 10.4. The second kappa shape index (κ2) is 3.77. The van der Waals surface area contributed by atoms with Gasteiger partial charge in [-0.3, -0.25) is 4.79 Å². The first-order valence-electron chi connectivity index (χ1n) is 3.81. The van der Waals surface area contributed by atoms with Crippen molar-refractivity contribution < 1.29 is 0 Å². The highest BCUT2D eigenvalue weighted by Gasteiger charge is 2.03. The van der Waals surface area contributed by atoms with Crippen LogP contribution in [0.2, 0.25) is 10.0 Å². The minimum absolute atomic E-state index is 0.0617. The predicted molar refractivity (Wildman–Crippen MR) is 59.9 cm³/mol. The third-order valence-electron chi connectivity index (χ3n) is 1.71. The van der Waals surface area contributed by atoms with Gasteiger partial charge in [0.25, 0.3) is 5.56 Å². The third-order valence-corrected chi connectivity index (χ3v) is 3.31. The van der Waals surface area contributed by atoms with Crippen molar-refractivity contribution in [2.24, 2.45) is 0 Å². The zero-order valence-electron chi connectivity index (χ0n) is 6.91. The van der Waals surface area contributed by atoms with Crippen LogP contribution >= 0.6 is 34.7 Å². The number of nitrogens with zero attached hydrogens (tertiary/aromatic N) is 1. The molecule has 0 saturated heterocycles. The topological polar surface area (TPSA) is 22.0 Å². The molecule has 0 saturated carbocycles. The second-order valence-electron chi connectivity index (χ2n) is 2.64. The van der Waals surface area contributed by atoms with Gasteiger partial charge in [0.05, 0.1) is 15.7 Å². The van der Waals surface area contributed by atoms with Crippen molar-refractivity contribution in [2.45, 2.75) is 0 Å². The van der Waals surface area contributed by atoms with E-state index in [4.69, 9.17) is 23.2 Å². The first kappa shape index (κ1) is 9.77. The molecule has 0 aliphatic rings. The third kappa shape index (κ3) is 1.71. The summed E-state index contributed by atoms with van der Waals surface area (Å²) < 4.78 is 1.54. The molecule has 0 N–H and O–H groups in total. The van der Waals surface area contributed by atoms with Crippen LogP contribution in [-0.2, 0) is 0 Å². The van der Waals surface area contributed by atoms with Crippen molar-refractivity contribution in [3.8, 4) is 5.69 Å². The number of aromatic nitrogens is 1. The molecule has 0 atom stereocenters. The van der Waals surface area contributed by atoms with E-state index >= 15 is 0 Å². The molecule has 0 unspecified atom stereocenters. The number of rotatable bonds is 1. The lowest BCUT2D eigenvalue weighted by atomic mass is 10.3. The molecular weight excluding hydrogens is 241 g/mol. The van der Waals surface area contributed by atoms with Gasteiger partial charge in [0.1, 0.15) is 0 Å². The Hall–Kier alpha value is -0.770. The summed E-state index contributed by atoms with van der Waals surface area (Å²) in [5, 5.41) is 2.66. The van der Waals surface area contributed by atoms with Gasteiger partial charge in [-0.25, -0.2) is 3.96 Å². The van der Waals surface area contributed by atoms with Gasteiger partial charge in [-0.2, -0.15) is 0 Å². The molecule has 0 radical (unpaired) electrons. The standard InChI is InChI=1S/C9H5Cl2NOS/c10-7-2-1-6(5-8(7)11)12-9(13)3-4-14-12/h1-5H. The van der Waals surface area contributed by atoms with Gasteiger partial charge >= 0.3 is 0 Å². The molecule has 14 heavy (non-hydrogen) atoms.